The lowest BCUT2D eigenvalue weighted by Gasteiger charge is -2.15. The van der Waals surface area contributed by atoms with Crippen molar-refractivity contribution in [2.45, 2.75) is 44.4 Å². The first kappa shape index (κ1) is 11.4. The van der Waals surface area contributed by atoms with Crippen molar-refractivity contribution in [1.29, 1.82) is 0 Å². The minimum absolute atomic E-state index is 0.361. The molecule has 0 aliphatic heterocycles. The van der Waals surface area contributed by atoms with E-state index in [1.807, 2.05) is 0 Å². The Morgan fingerprint density at radius 3 is 2.69 bits per heavy atom. The number of aliphatic hydroxyl groups excluding tert-OH is 1. The molecule has 0 fully saturated rings. The van der Waals surface area contributed by atoms with Gasteiger partial charge in [0, 0.05) is 12.1 Å². The molecule has 2 N–H and O–H groups in total. The molecular formula is C10H13F3N2O. The first-order chi connectivity index (χ1) is 7.48. The largest absolute Gasteiger partial charge is 0.414 e. The van der Waals surface area contributed by atoms with Gasteiger partial charge in [-0.3, -0.25) is 5.10 Å². The number of aryl methyl sites for hydroxylation is 1. The van der Waals surface area contributed by atoms with Crippen LogP contribution in [0, 0.1) is 0 Å². The smallest absolute Gasteiger partial charge is 0.383 e. The Bertz CT molecular complexity index is 373. The predicted molar refractivity (Wildman–Crippen MR) is 51.0 cm³/mol. The Hall–Kier alpha value is -1.04. The second-order valence-electron chi connectivity index (χ2n) is 4.10. The highest BCUT2D eigenvalue weighted by Crippen LogP contribution is 2.27. The minimum atomic E-state index is -4.57. The molecule has 3 nitrogen and oxygen atoms in total. The number of aromatic nitrogens is 2. The fourth-order valence-electron chi connectivity index (χ4n) is 2.02. The van der Waals surface area contributed by atoms with Crippen molar-refractivity contribution in [3.63, 3.8) is 0 Å². The van der Waals surface area contributed by atoms with Gasteiger partial charge in [0.1, 0.15) is 0 Å². The highest BCUT2D eigenvalue weighted by molar-refractivity contribution is 5.28. The number of aliphatic hydroxyl groups is 1. The lowest BCUT2D eigenvalue weighted by molar-refractivity contribution is -0.203. The number of hydrogen-bond donors (Lipinski definition) is 2. The molecule has 90 valence electrons. The van der Waals surface area contributed by atoms with Gasteiger partial charge < -0.3 is 5.11 Å². The summed E-state index contributed by atoms with van der Waals surface area (Å²) in [6.45, 7) is 0. The van der Waals surface area contributed by atoms with Crippen LogP contribution in [0.15, 0.2) is 0 Å². The molecule has 0 amide bonds. The molecule has 1 heterocycles. The van der Waals surface area contributed by atoms with Crippen LogP contribution in [0.25, 0.3) is 0 Å². The van der Waals surface area contributed by atoms with Gasteiger partial charge in [-0.05, 0) is 31.2 Å². The molecular weight excluding hydrogens is 221 g/mol. The van der Waals surface area contributed by atoms with Crippen LogP contribution >= 0.6 is 0 Å². The van der Waals surface area contributed by atoms with E-state index < -0.39 is 18.7 Å². The number of aromatic amines is 1. The van der Waals surface area contributed by atoms with E-state index in [1.165, 1.54) is 0 Å². The lowest BCUT2D eigenvalue weighted by atomic mass is 9.94. The van der Waals surface area contributed by atoms with Crippen molar-refractivity contribution >= 4 is 0 Å². The normalized spacial score (nSPS) is 18.2. The van der Waals surface area contributed by atoms with E-state index in [0.29, 0.717) is 5.69 Å². The van der Waals surface area contributed by atoms with Gasteiger partial charge in [0.2, 0.25) is 0 Å². The number of rotatable bonds is 2. The number of alkyl halides is 3. The topological polar surface area (TPSA) is 48.9 Å². The average molecular weight is 234 g/mol. The van der Waals surface area contributed by atoms with Crippen LogP contribution in [0.5, 0.6) is 0 Å². The second-order valence-corrected chi connectivity index (χ2v) is 4.10. The van der Waals surface area contributed by atoms with Crippen molar-refractivity contribution in [3.05, 3.63) is 17.0 Å². The molecule has 0 saturated carbocycles. The Labute approximate surface area is 90.7 Å². The number of nitrogens with zero attached hydrogens (tertiary/aromatic N) is 1. The Kier molecular flexibility index (Phi) is 2.92. The third-order valence-electron chi connectivity index (χ3n) is 2.91. The molecule has 6 heteroatoms. The third kappa shape index (κ3) is 2.21. The summed E-state index contributed by atoms with van der Waals surface area (Å²) < 4.78 is 36.6. The van der Waals surface area contributed by atoms with Crippen LogP contribution in [0.2, 0.25) is 0 Å². The number of halogens is 3. The van der Waals surface area contributed by atoms with Gasteiger partial charge in [-0.2, -0.15) is 18.3 Å². The molecule has 0 saturated heterocycles. The van der Waals surface area contributed by atoms with Gasteiger partial charge in [-0.1, -0.05) is 0 Å². The summed E-state index contributed by atoms with van der Waals surface area (Å²) in [5.41, 5.74) is 2.16. The molecule has 1 aromatic heterocycles. The molecule has 0 radical (unpaired) electrons. The summed E-state index contributed by atoms with van der Waals surface area (Å²) in [6, 6.07) is 0. The molecule has 1 unspecified atom stereocenters. The highest BCUT2D eigenvalue weighted by Gasteiger charge is 2.39. The van der Waals surface area contributed by atoms with Gasteiger partial charge in [0.05, 0.1) is 5.69 Å². The Balaban J connectivity index is 2.13. The standard InChI is InChI=1S/C10H13F3N2O/c11-10(12,13)9(16)5-8-6-3-1-2-4-7(6)14-15-8/h9,16H,1-5H2,(H,14,15). The van der Waals surface area contributed by atoms with Gasteiger partial charge in [0.15, 0.2) is 6.10 Å². The quantitative estimate of drug-likeness (QED) is 0.819. The van der Waals surface area contributed by atoms with Crippen LogP contribution in [0.4, 0.5) is 13.2 Å². The van der Waals surface area contributed by atoms with E-state index in [9.17, 15) is 13.2 Å². The second kappa shape index (κ2) is 4.08. The number of nitrogens with one attached hydrogen (secondary N) is 1. The first-order valence-electron chi connectivity index (χ1n) is 5.28. The molecule has 1 atom stereocenters. The molecule has 1 aromatic rings. The van der Waals surface area contributed by atoms with E-state index in [1.54, 1.807) is 0 Å². The van der Waals surface area contributed by atoms with Crippen LogP contribution in [-0.2, 0) is 19.3 Å². The van der Waals surface area contributed by atoms with Crippen LogP contribution in [0.1, 0.15) is 29.8 Å². The zero-order chi connectivity index (χ0) is 11.8. The summed E-state index contributed by atoms with van der Waals surface area (Å²) in [5, 5.41) is 15.6. The number of hydrogen-bond acceptors (Lipinski definition) is 2. The van der Waals surface area contributed by atoms with Gasteiger partial charge in [-0.15, -0.1) is 0 Å². The maximum Gasteiger partial charge on any atom is 0.414 e. The predicted octanol–water partition coefficient (Wildman–Crippen LogP) is 1.75. The van der Waals surface area contributed by atoms with Gasteiger partial charge in [0.25, 0.3) is 0 Å². The van der Waals surface area contributed by atoms with Crippen molar-refractivity contribution in [1.82, 2.24) is 10.2 Å². The van der Waals surface area contributed by atoms with Crippen LogP contribution in [0.3, 0.4) is 0 Å². The summed E-state index contributed by atoms with van der Waals surface area (Å²) in [4.78, 5) is 0. The summed E-state index contributed by atoms with van der Waals surface area (Å²) in [5.74, 6) is 0. The molecule has 0 bridgehead atoms. The Morgan fingerprint density at radius 2 is 2.00 bits per heavy atom. The summed E-state index contributed by atoms with van der Waals surface area (Å²) in [7, 11) is 0. The van der Waals surface area contributed by atoms with Crippen molar-refractivity contribution in [3.8, 4) is 0 Å². The molecule has 16 heavy (non-hydrogen) atoms. The molecule has 0 spiro atoms. The number of fused-ring (bicyclic) bond motifs is 1. The fourth-order valence-corrected chi connectivity index (χ4v) is 2.02. The third-order valence-corrected chi connectivity index (χ3v) is 2.91. The maximum absolute atomic E-state index is 12.2. The van der Waals surface area contributed by atoms with E-state index in [2.05, 4.69) is 10.2 Å². The van der Waals surface area contributed by atoms with Gasteiger partial charge in [-0.25, -0.2) is 0 Å². The zero-order valence-corrected chi connectivity index (χ0v) is 8.64. The van der Waals surface area contributed by atoms with Crippen LogP contribution < -0.4 is 0 Å². The SMILES string of the molecule is OC(Cc1n[nH]c2c1CCCC2)C(F)(F)F. The van der Waals surface area contributed by atoms with E-state index in [0.717, 1.165) is 36.9 Å². The minimum Gasteiger partial charge on any atom is -0.383 e. The number of H-pyrrole nitrogens is 1. The van der Waals surface area contributed by atoms with Crippen molar-refractivity contribution in [2.75, 3.05) is 0 Å². The Morgan fingerprint density at radius 1 is 1.31 bits per heavy atom. The molecule has 1 aliphatic rings. The van der Waals surface area contributed by atoms with Crippen molar-refractivity contribution < 1.29 is 18.3 Å². The van der Waals surface area contributed by atoms with E-state index in [-0.39, 0.29) is 0 Å². The van der Waals surface area contributed by atoms with Crippen LogP contribution in [-0.4, -0.2) is 27.6 Å². The van der Waals surface area contributed by atoms with Crippen molar-refractivity contribution in [2.24, 2.45) is 0 Å². The average Bonchev–Trinajstić information content (AvgIpc) is 2.61. The lowest BCUT2D eigenvalue weighted by Crippen LogP contribution is -2.31. The molecule has 0 aromatic carbocycles. The zero-order valence-electron chi connectivity index (χ0n) is 8.64. The van der Waals surface area contributed by atoms with E-state index in [4.69, 9.17) is 5.11 Å². The first-order valence-corrected chi connectivity index (χ1v) is 5.28. The fraction of sp³-hybridized carbons (Fsp3) is 0.700. The van der Waals surface area contributed by atoms with E-state index >= 15 is 0 Å². The summed E-state index contributed by atoms with van der Waals surface area (Å²) >= 11 is 0. The monoisotopic (exact) mass is 234 g/mol. The summed E-state index contributed by atoms with van der Waals surface area (Å²) in [6.07, 6.45) is -3.73. The highest BCUT2D eigenvalue weighted by atomic mass is 19.4. The van der Waals surface area contributed by atoms with Gasteiger partial charge >= 0.3 is 6.18 Å². The maximum atomic E-state index is 12.2. The molecule has 2 rings (SSSR count). The molecule has 1 aliphatic carbocycles.